The average molecular weight is 357 g/mol. The van der Waals surface area contributed by atoms with Gasteiger partial charge in [-0.2, -0.15) is 5.26 Å². The Morgan fingerprint density at radius 2 is 1.92 bits per heavy atom. The smallest absolute Gasteiger partial charge is 0.232 e. The zero-order valence-corrected chi connectivity index (χ0v) is 14.9. The molecule has 0 aliphatic carbocycles. The van der Waals surface area contributed by atoms with Crippen molar-refractivity contribution in [3.63, 3.8) is 0 Å². The van der Waals surface area contributed by atoms with Crippen LogP contribution < -0.4 is 9.62 Å². The Balaban J connectivity index is 2.09. The van der Waals surface area contributed by atoms with Crippen LogP contribution in [0.1, 0.15) is 17.5 Å². The minimum absolute atomic E-state index is 0.00180. The Bertz CT molecular complexity index is 917. The minimum atomic E-state index is -3.51. The molecule has 0 bridgehead atoms. The number of amides is 1. The Morgan fingerprint density at radius 1 is 1.20 bits per heavy atom. The minimum Gasteiger partial charge on any atom is -0.326 e. The molecule has 0 spiro atoms. The van der Waals surface area contributed by atoms with Gasteiger partial charge in [0.25, 0.3) is 0 Å². The first kappa shape index (κ1) is 18.5. The lowest BCUT2D eigenvalue weighted by Gasteiger charge is -2.23. The molecule has 2 aromatic rings. The molecule has 0 atom stereocenters. The predicted octanol–water partition coefficient (Wildman–Crippen LogP) is 2.66. The van der Waals surface area contributed by atoms with Gasteiger partial charge in [-0.15, -0.1) is 0 Å². The number of nitriles is 1. The topological polar surface area (TPSA) is 90.3 Å². The van der Waals surface area contributed by atoms with Crippen LogP contribution in [0.2, 0.25) is 0 Å². The summed E-state index contributed by atoms with van der Waals surface area (Å²) in [5.74, 6) is -0.322. The second kappa shape index (κ2) is 7.81. The van der Waals surface area contributed by atoms with E-state index < -0.39 is 10.0 Å². The largest absolute Gasteiger partial charge is 0.326 e. The molecule has 0 aliphatic heterocycles. The van der Waals surface area contributed by atoms with Crippen LogP contribution in [0.25, 0.3) is 0 Å². The van der Waals surface area contributed by atoms with E-state index >= 15 is 0 Å². The van der Waals surface area contributed by atoms with Crippen molar-refractivity contribution >= 4 is 27.3 Å². The van der Waals surface area contributed by atoms with Crippen molar-refractivity contribution in [3.8, 4) is 6.07 Å². The number of nitrogens with zero attached hydrogens (tertiary/aromatic N) is 2. The number of hydrogen-bond donors (Lipinski definition) is 1. The monoisotopic (exact) mass is 357 g/mol. The number of rotatable bonds is 6. The quantitative estimate of drug-likeness (QED) is 0.860. The number of benzene rings is 2. The zero-order chi connectivity index (χ0) is 18.4. The van der Waals surface area contributed by atoms with Gasteiger partial charge in [-0.3, -0.25) is 9.10 Å². The highest BCUT2D eigenvalue weighted by molar-refractivity contribution is 7.92. The van der Waals surface area contributed by atoms with Gasteiger partial charge in [0, 0.05) is 18.7 Å². The Morgan fingerprint density at radius 3 is 2.56 bits per heavy atom. The van der Waals surface area contributed by atoms with Crippen LogP contribution in [0.3, 0.4) is 0 Å². The molecule has 0 heterocycles. The molecule has 1 amide bonds. The fourth-order valence-electron chi connectivity index (χ4n) is 2.40. The first-order valence-corrected chi connectivity index (χ1v) is 9.49. The molecular formula is C18H19N3O3S. The summed E-state index contributed by atoms with van der Waals surface area (Å²) in [6.45, 7) is 1.86. The maximum atomic E-state index is 12.1. The lowest BCUT2D eigenvalue weighted by molar-refractivity contribution is -0.116. The standard InChI is InChI=1S/C18H19N3O3S/c1-14-6-3-4-9-17(14)21(25(2,23)24)11-10-18(22)20-16-8-5-7-15(12-16)13-19/h3-9,12H,10-11H2,1-2H3,(H,20,22). The first-order chi connectivity index (χ1) is 11.8. The number of para-hydroxylation sites is 1. The van der Waals surface area contributed by atoms with Crippen molar-refractivity contribution in [2.75, 3.05) is 22.4 Å². The molecule has 0 aliphatic rings. The van der Waals surface area contributed by atoms with Crippen LogP contribution in [-0.4, -0.2) is 27.1 Å². The summed E-state index contributed by atoms with van der Waals surface area (Å²) in [6, 6.07) is 15.7. The molecule has 0 radical (unpaired) electrons. The van der Waals surface area contributed by atoms with E-state index in [9.17, 15) is 13.2 Å². The van der Waals surface area contributed by atoms with Crippen molar-refractivity contribution < 1.29 is 13.2 Å². The van der Waals surface area contributed by atoms with E-state index in [0.717, 1.165) is 11.8 Å². The van der Waals surface area contributed by atoms with E-state index in [1.165, 1.54) is 4.31 Å². The Hall–Kier alpha value is -2.85. The van der Waals surface area contributed by atoms with Crippen molar-refractivity contribution in [1.29, 1.82) is 5.26 Å². The van der Waals surface area contributed by atoms with Gasteiger partial charge in [-0.05, 0) is 36.8 Å². The summed E-state index contributed by atoms with van der Waals surface area (Å²) in [7, 11) is -3.51. The third kappa shape index (κ3) is 5.06. The van der Waals surface area contributed by atoms with E-state index in [1.807, 2.05) is 25.1 Å². The van der Waals surface area contributed by atoms with E-state index in [4.69, 9.17) is 5.26 Å². The van der Waals surface area contributed by atoms with Gasteiger partial charge in [0.2, 0.25) is 15.9 Å². The zero-order valence-electron chi connectivity index (χ0n) is 14.1. The number of carbonyl (C=O) groups is 1. The lowest BCUT2D eigenvalue weighted by Crippen LogP contribution is -2.33. The Kier molecular flexibility index (Phi) is 5.78. The van der Waals surface area contributed by atoms with Gasteiger partial charge < -0.3 is 5.32 Å². The summed E-state index contributed by atoms with van der Waals surface area (Å²) in [5.41, 5.74) is 2.32. The third-order valence-corrected chi connectivity index (χ3v) is 4.78. The van der Waals surface area contributed by atoms with Gasteiger partial charge >= 0.3 is 0 Å². The van der Waals surface area contributed by atoms with Crippen LogP contribution in [0, 0.1) is 18.3 Å². The van der Waals surface area contributed by atoms with Crippen LogP contribution in [0.5, 0.6) is 0 Å². The molecule has 130 valence electrons. The van der Waals surface area contributed by atoms with Crippen molar-refractivity contribution in [2.45, 2.75) is 13.3 Å². The van der Waals surface area contributed by atoms with Crippen molar-refractivity contribution in [1.82, 2.24) is 0 Å². The van der Waals surface area contributed by atoms with E-state index in [1.54, 1.807) is 36.4 Å². The average Bonchev–Trinajstić information content (AvgIpc) is 2.55. The summed E-state index contributed by atoms with van der Waals surface area (Å²) >= 11 is 0. The molecule has 0 saturated heterocycles. The van der Waals surface area contributed by atoms with Gasteiger partial charge in [0.05, 0.1) is 23.6 Å². The molecule has 0 saturated carbocycles. The molecule has 0 unspecified atom stereocenters. The molecule has 2 aromatic carbocycles. The first-order valence-electron chi connectivity index (χ1n) is 7.64. The normalized spacial score (nSPS) is 10.8. The maximum Gasteiger partial charge on any atom is 0.232 e. The second-order valence-corrected chi connectivity index (χ2v) is 7.52. The summed E-state index contributed by atoms with van der Waals surface area (Å²) in [5, 5.41) is 11.6. The van der Waals surface area contributed by atoms with Crippen LogP contribution >= 0.6 is 0 Å². The van der Waals surface area contributed by atoms with Crippen LogP contribution in [0.4, 0.5) is 11.4 Å². The van der Waals surface area contributed by atoms with E-state index in [0.29, 0.717) is 16.9 Å². The highest BCUT2D eigenvalue weighted by atomic mass is 32.2. The summed E-state index contributed by atoms with van der Waals surface area (Å²) in [4.78, 5) is 12.1. The fraction of sp³-hybridized carbons (Fsp3) is 0.222. The number of hydrogen-bond acceptors (Lipinski definition) is 4. The molecule has 6 nitrogen and oxygen atoms in total. The van der Waals surface area contributed by atoms with E-state index in [2.05, 4.69) is 5.32 Å². The van der Waals surface area contributed by atoms with Gasteiger partial charge in [-0.1, -0.05) is 24.3 Å². The number of aryl methyl sites for hydroxylation is 1. The molecule has 1 N–H and O–H groups in total. The van der Waals surface area contributed by atoms with Crippen LogP contribution in [0.15, 0.2) is 48.5 Å². The lowest BCUT2D eigenvalue weighted by atomic mass is 10.2. The molecule has 7 heteroatoms. The molecular weight excluding hydrogens is 338 g/mol. The Labute approximate surface area is 147 Å². The molecule has 25 heavy (non-hydrogen) atoms. The van der Waals surface area contributed by atoms with Crippen LogP contribution in [-0.2, 0) is 14.8 Å². The summed E-state index contributed by atoms with van der Waals surface area (Å²) in [6.07, 6.45) is 1.12. The molecule has 0 fully saturated rings. The molecule has 2 rings (SSSR count). The highest BCUT2D eigenvalue weighted by Gasteiger charge is 2.20. The van der Waals surface area contributed by atoms with Crippen molar-refractivity contribution in [2.24, 2.45) is 0 Å². The SMILES string of the molecule is Cc1ccccc1N(CCC(=O)Nc1cccc(C#N)c1)S(C)(=O)=O. The highest BCUT2D eigenvalue weighted by Crippen LogP contribution is 2.22. The predicted molar refractivity (Wildman–Crippen MR) is 97.8 cm³/mol. The fourth-order valence-corrected chi connectivity index (χ4v) is 3.39. The number of carbonyl (C=O) groups excluding carboxylic acids is 1. The third-order valence-electron chi connectivity index (χ3n) is 3.60. The molecule has 0 aromatic heterocycles. The van der Waals surface area contributed by atoms with E-state index in [-0.39, 0.29) is 18.9 Å². The number of sulfonamides is 1. The number of anilines is 2. The van der Waals surface area contributed by atoms with Gasteiger partial charge in [0.1, 0.15) is 0 Å². The van der Waals surface area contributed by atoms with Crippen molar-refractivity contribution in [3.05, 3.63) is 59.7 Å². The van der Waals surface area contributed by atoms with Gasteiger partial charge in [-0.25, -0.2) is 8.42 Å². The maximum absolute atomic E-state index is 12.1. The summed E-state index contributed by atoms with van der Waals surface area (Å²) < 4.78 is 25.4. The second-order valence-electron chi connectivity index (χ2n) is 5.61. The number of nitrogens with one attached hydrogen (secondary N) is 1. The van der Waals surface area contributed by atoms with Gasteiger partial charge in [0.15, 0.2) is 0 Å².